The summed E-state index contributed by atoms with van der Waals surface area (Å²) in [5.74, 6) is -0.479. The summed E-state index contributed by atoms with van der Waals surface area (Å²) in [5, 5.41) is 18.2. The third-order valence-corrected chi connectivity index (χ3v) is 3.99. The molecule has 2 unspecified atom stereocenters. The van der Waals surface area contributed by atoms with Crippen LogP contribution in [0.4, 0.5) is 4.79 Å². The lowest BCUT2D eigenvalue weighted by Gasteiger charge is -2.35. The van der Waals surface area contributed by atoms with E-state index in [-0.39, 0.29) is 12.5 Å². The van der Waals surface area contributed by atoms with Crippen molar-refractivity contribution >= 4 is 12.0 Å². The Morgan fingerprint density at radius 2 is 1.84 bits per heavy atom. The molecule has 0 bridgehead atoms. The summed E-state index contributed by atoms with van der Waals surface area (Å²) in [5.41, 5.74) is 0. The Morgan fingerprint density at radius 1 is 1.11 bits per heavy atom. The van der Waals surface area contributed by atoms with Crippen molar-refractivity contribution in [1.82, 2.24) is 9.80 Å². The molecule has 2 fully saturated rings. The predicted molar refractivity (Wildman–Crippen MR) is 68.8 cm³/mol. The Bertz CT molecular complexity index is 348. The first-order chi connectivity index (χ1) is 9.06. The number of urea groups is 1. The van der Waals surface area contributed by atoms with Gasteiger partial charge in [-0.1, -0.05) is 0 Å². The van der Waals surface area contributed by atoms with Crippen LogP contribution < -0.4 is 0 Å². The van der Waals surface area contributed by atoms with Crippen LogP contribution in [0.2, 0.25) is 0 Å². The van der Waals surface area contributed by atoms with Crippen molar-refractivity contribution in [2.75, 3.05) is 26.2 Å². The van der Waals surface area contributed by atoms with E-state index in [9.17, 15) is 14.7 Å². The summed E-state index contributed by atoms with van der Waals surface area (Å²) in [6, 6.07) is -0.00317. The topological polar surface area (TPSA) is 81.1 Å². The lowest BCUT2D eigenvalue weighted by Crippen LogP contribution is -2.47. The van der Waals surface area contributed by atoms with E-state index in [2.05, 4.69) is 0 Å². The number of aliphatic hydroxyl groups excluding tert-OH is 1. The normalized spacial score (nSPS) is 27.6. The Balaban J connectivity index is 1.83. The Kier molecular flexibility index (Phi) is 4.63. The van der Waals surface area contributed by atoms with Crippen LogP contribution in [-0.4, -0.2) is 64.3 Å². The largest absolute Gasteiger partial charge is 0.481 e. The van der Waals surface area contributed by atoms with E-state index in [1.54, 1.807) is 4.90 Å². The molecule has 6 heteroatoms. The first-order valence-electron chi connectivity index (χ1n) is 7.00. The zero-order valence-corrected chi connectivity index (χ0v) is 11.1. The van der Waals surface area contributed by atoms with Gasteiger partial charge in [0.2, 0.25) is 0 Å². The van der Waals surface area contributed by atoms with Crippen molar-refractivity contribution in [3.05, 3.63) is 0 Å². The predicted octanol–water partition coefficient (Wildman–Crippen LogP) is 0.750. The molecule has 2 aliphatic rings. The molecule has 108 valence electrons. The number of β-amino-alcohol motifs (C(OH)–C–C–N with tert-alkyl or cyclic N) is 1. The molecule has 0 aromatic heterocycles. The van der Waals surface area contributed by atoms with E-state index in [1.807, 2.05) is 4.90 Å². The Morgan fingerprint density at radius 3 is 2.47 bits per heavy atom. The van der Waals surface area contributed by atoms with Gasteiger partial charge in [0.1, 0.15) is 0 Å². The van der Waals surface area contributed by atoms with Gasteiger partial charge in [0.05, 0.1) is 6.10 Å². The number of carboxylic acid groups (broad SMARTS) is 1. The highest BCUT2D eigenvalue weighted by atomic mass is 16.4. The van der Waals surface area contributed by atoms with Crippen molar-refractivity contribution in [2.24, 2.45) is 5.92 Å². The first-order valence-corrected chi connectivity index (χ1v) is 7.00. The van der Waals surface area contributed by atoms with Crippen molar-refractivity contribution in [1.29, 1.82) is 0 Å². The number of hydrogen-bond acceptors (Lipinski definition) is 3. The molecule has 0 saturated carbocycles. The number of rotatable bonds is 3. The van der Waals surface area contributed by atoms with E-state index in [1.165, 1.54) is 0 Å². The smallest absolute Gasteiger partial charge is 0.320 e. The third kappa shape index (κ3) is 3.83. The van der Waals surface area contributed by atoms with Gasteiger partial charge in [-0.3, -0.25) is 4.79 Å². The Labute approximate surface area is 113 Å². The molecule has 2 amide bonds. The highest BCUT2D eigenvalue weighted by molar-refractivity contribution is 5.75. The SMILES string of the molecule is O=C(O)CCC1CCCN(C(=O)N2CCC(O)C2)C1. The van der Waals surface area contributed by atoms with E-state index < -0.39 is 12.1 Å². The van der Waals surface area contributed by atoms with Gasteiger partial charge < -0.3 is 20.0 Å². The maximum Gasteiger partial charge on any atom is 0.320 e. The molecule has 0 aliphatic carbocycles. The van der Waals surface area contributed by atoms with E-state index in [0.717, 1.165) is 19.4 Å². The fraction of sp³-hybridized carbons (Fsp3) is 0.846. The number of hydrogen-bond donors (Lipinski definition) is 2. The molecule has 6 nitrogen and oxygen atoms in total. The molecule has 19 heavy (non-hydrogen) atoms. The summed E-state index contributed by atoms with van der Waals surface area (Å²) in [4.78, 5) is 26.4. The molecular weight excluding hydrogens is 248 g/mol. The third-order valence-electron chi connectivity index (χ3n) is 3.99. The number of piperidine rings is 1. The van der Waals surface area contributed by atoms with Crippen LogP contribution in [0.5, 0.6) is 0 Å². The van der Waals surface area contributed by atoms with Crippen LogP contribution in [0.25, 0.3) is 0 Å². The molecule has 2 aliphatic heterocycles. The van der Waals surface area contributed by atoms with E-state index in [4.69, 9.17) is 5.11 Å². The fourth-order valence-corrected chi connectivity index (χ4v) is 2.92. The molecule has 0 aromatic carbocycles. The van der Waals surface area contributed by atoms with Gasteiger partial charge in [0.25, 0.3) is 0 Å². The highest BCUT2D eigenvalue weighted by Crippen LogP contribution is 2.23. The van der Waals surface area contributed by atoms with Crippen LogP contribution in [0, 0.1) is 5.92 Å². The first kappa shape index (κ1) is 14.1. The number of carboxylic acids is 1. The molecule has 2 heterocycles. The van der Waals surface area contributed by atoms with Gasteiger partial charge in [-0.25, -0.2) is 4.79 Å². The molecule has 2 atom stereocenters. The standard InChI is InChI=1S/C13H22N2O4/c16-11-5-7-15(9-11)13(19)14-6-1-2-10(8-14)3-4-12(17)18/h10-11,16H,1-9H2,(H,17,18). The molecule has 0 aromatic rings. The van der Waals surface area contributed by atoms with E-state index >= 15 is 0 Å². The second kappa shape index (κ2) is 6.23. The van der Waals surface area contributed by atoms with Crippen LogP contribution in [0.1, 0.15) is 32.1 Å². The van der Waals surface area contributed by atoms with E-state index in [0.29, 0.717) is 38.4 Å². The maximum absolute atomic E-state index is 12.3. The number of likely N-dealkylation sites (tertiary alicyclic amines) is 2. The second-order valence-electron chi connectivity index (χ2n) is 5.56. The number of aliphatic hydroxyl groups is 1. The monoisotopic (exact) mass is 270 g/mol. The van der Waals surface area contributed by atoms with Crippen LogP contribution in [0.15, 0.2) is 0 Å². The molecule has 0 radical (unpaired) electrons. The number of carbonyl (C=O) groups is 2. The quantitative estimate of drug-likeness (QED) is 0.793. The summed E-state index contributed by atoms with van der Waals surface area (Å²) in [6.07, 6.45) is 3.02. The summed E-state index contributed by atoms with van der Waals surface area (Å²) >= 11 is 0. The average Bonchev–Trinajstić information content (AvgIpc) is 2.82. The van der Waals surface area contributed by atoms with Gasteiger partial charge >= 0.3 is 12.0 Å². The lowest BCUT2D eigenvalue weighted by atomic mass is 9.93. The van der Waals surface area contributed by atoms with Gasteiger partial charge in [0.15, 0.2) is 0 Å². The molecule has 2 rings (SSSR count). The summed E-state index contributed by atoms with van der Waals surface area (Å²) in [6.45, 7) is 2.44. The minimum absolute atomic E-state index is 0.00317. The van der Waals surface area contributed by atoms with Gasteiger partial charge in [-0.15, -0.1) is 0 Å². The zero-order chi connectivity index (χ0) is 13.8. The number of carbonyl (C=O) groups excluding carboxylic acids is 1. The molecule has 2 N–H and O–H groups in total. The number of nitrogens with zero attached hydrogens (tertiary/aromatic N) is 2. The van der Waals surface area contributed by atoms with Gasteiger partial charge in [-0.2, -0.15) is 0 Å². The minimum atomic E-state index is -0.772. The molecular formula is C13H22N2O4. The minimum Gasteiger partial charge on any atom is -0.481 e. The zero-order valence-electron chi connectivity index (χ0n) is 11.1. The van der Waals surface area contributed by atoms with Crippen LogP contribution >= 0.6 is 0 Å². The van der Waals surface area contributed by atoms with Crippen molar-refractivity contribution in [2.45, 2.75) is 38.2 Å². The maximum atomic E-state index is 12.3. The molecule has 0 spiro atoms. The lowest BCUT2D eigenvalue weighted by molar-refractivity contribution is -0.137. The Hall–Kier alpha value is -1.30. The highest BCUT2D eigenvalue weighted by Gasteiger charge is 2.31. The number of amides is 2. The fourth-order valence-electron chi connectivity index (χ4n) is 2.92. The second-order valence-corrected chi connectivity index (χ2v) is 5.56. The van der Waals surface area contributed by atoms with Crippen molar-refractivity contribution < 1.29 is 19.8 Å². The average molecular weight is 270 g/mol. The summed E-state index contributed by atoms with van der Waals surface area (Å²) in [7, 11) is 0. The van der Waals surface area contributed by atoms with Gasteiger partial charge in [0, 0.05) is 32.6 Å². The van der Waals surface area contributed by atoms with Crippen LogP contribution in [-0.2, 0) is 4.79 Å². The van der Waals surface area contributed by atoms with Crippen LogP contribution in [0.3, 0.4) is 0 Å². The van der Waals surface area contributed by atoms with Crippen molar-refractivity contribution in [3.63, 3.8) is 0 Å². The van der Waals surface area contributed by atoms with Gasteiger partial charge in [-0.05, 0) is 31.6 Å². The summed E-state index contributed by atoms with van der Waals surface area (Å²) < 4.78 is 0. The molecule has 2 saturated heterocycles. The van der Waals surface area contributed by atoms with Crippen molar-refractivity contribution in [3.8, 4) is 0 Å². The number of aliphatic carboxylic acids is 1.